The van der Waals surface area contributed by atoms with Gasteiger partial charge in [0.2, 0.25) is 0 Å². The Morgan fingerprint density at radius 3 is 2.64 bits per heavy atom. The summed E-state index contributed by atoms with van der Waals surface area (Å²) in [5, 5.41) is 8.71. The topological polar surface area (TPSA) is 49.8 Å². The van der Waals surface area contributed by atoms with E-state index in [4.69, 9.17) is 16.3 Å². The molecule has 1 saturated heterocycles. The van der Waals surface area contributed by atoms with Gasteiger partial charge in [-0.3, -0.25) is 0 Å². The highest BCUT2D eigenvalue weighted by Gasteiger charge is 2.23. The molecule has 78 valence electrons. The molecule has 1 N–H and O–H groups in total. The average Bonchev–Trinajstić information content (AvgIpc) is 2.18. The van der Waals surface area contributed by atoms with Crippen LogP contribution in [0.15, 0.2) is 0 Å². The molecule has 0 bridgehead atoms. The quantitative estimate of drug-likeness (QED) is 0.676. The van der Waals surface area contributed by atoms with Crippen LogP contribution in [0.25, 0.3) is 0 Å². The normalized spacial score (nSPS) is 20.1. The summed E-state index contributed by atoms with van der Waals surface area (Å²) in [6.07, 6.45) is 5.72. The van der Waals surface area contributed by atoms with E-state index < -0.39 is 6.09 Å². The standard InChI is InChI=1S/C10H15NO3/c1-3-8(2)14-9-4-6-11(7-5-9)10(12)13/h1,8-9H,4-7H2,2H3,(H,12,13)/t8-/m0/s1. The van der Waals surface area contributed by atoms with E-state index in [1.807, 2.05) is 6.92 Å². The third kappa shape index (κ3) is 2.93. The first-order chi connectivity index (χ1) is 6.63. The van der Waals surface area contributed by atoms with E-state index in [9.17, 15) is 4.79 Å². The zero-order valence-corrected chi connectivity index (χ0v) is 8.27. The molecule has 1 heterocycles. The Morgan fingerprint density at radius 2 is 2.21 bits per heavy atom. The molecule has 14 heavy (non-hydrogen) atoms. The van der Waals surface area contributed by atoms with Crippen molar-refractivity contribution in [1.29, 1.82) is 0 Å². The molecule has 1 aliphatic rings. The van der Waals surface area contributed by atoms with Gasteiger partial charge in [-0.25, -0.2) is 4.79 Å². The number of hydrogen-bond donors (Lipinski definition) is 1. The van der Waals surface area contributed by atoms with Crippen molar-refractivity contribution in [3.05, 3.63) is 0 Å². The second-order valence-electron chi connectivity index (χ2n) is 3.41. The van der Waals surface area contributed by atoms with E-state index in [2.05, 4.69) is 5.92 Å². The smallest absolute Gasteiger partial charge is 0.407 e. The van der Waals surface area contributed by atoms with Gasteiger partial charge in [-0.05, 0) is 19.8 Å². The Labute approximate surface area is 83.8 Å². The predicted molar refractivity (Wildman–Crippen MR) is 52.0 cm³/mol. The fraction of sp³-hybridized carbons (Fsp3) is 0.700. The summed E-state index contributed by atoms with van der Waals surface area (Å²) >= 11 is 0. The van der Waals surface area contributed by atoms with E-state index in [0.29, 0.717) is 13.1 Å². The van der Waals surface area contributed by atoms with Crippen molar-refractivity contribution in [2.45, 2.75) is 32.0 Å². The summed E-state index contributed by atoms with van der Waals surface area (Å²) in [4.78, 5) is 12.0. The first-order valence-corrected chi connectivity index (χ1v) is 4.73. The Kier molecular flexibility index (Phi) is 3.78. The lowest BCUT2D eigenvalue weighted by Gasteiger charge is -2.30. The minimum Gasteiger partial charge on any atom is -0.465 e. The van der Waals surface area contributed by atoms with E-state index in [1.165, 1.54) is 4.90 Å². The summed E-state index contributed by atoms with van der Waals surface area (Å²) in [6, 6.07) is 0. The minimum atomic E-state index is -0.853. The number of carboxylic acid groups (broad SMARTS) is 1. The summed E-state index contributed by atoms with van der Waals surface area (Å²) in [5.41, 5.74) is 0. The van der Waals surface area contributed by atoms with Gasteiger partial charge in [-0.2, -0.15) is 0 Å². The molecule has 0 radical (unpaired) electrons. The lowest BCUT2D eigenvalue weighted by Crippen LogP contribution is -2.40. The molecular formula is C10H15NO3. The number of likely N-dealkylation sites (tertiary alicyclic amines) is 1. The SMILES string of the molecule is C#C[C@H](C)OC1CCN(C(=O)O)CC1. The molecule has 0 aromatic rings. The number of nitrogens with zero attached hydrogens (tertiary/aromatic N) is 1. The number of amides is 1. The van der Waals surface area contributed by atoms with Gasteiger partial charge in [0.1, 0.15) is 6.10 Å². The fourth-order valence-corrected chi connectivity index (χ4v) is 1.51. The molecule has 1 atom stereocenters. The molecule has 0 spiro atoms. The highest BCUT2D eigenvalue weighted by molar-refractivity contribution is 5.64. The van der Waals surface area contributed by atoms with Gasteiger partial charge in [-0.15, -0.1) is 6.42 Å². The monoisotopic (exact) mass is 197 g/mol. The van der Waals surface area contributed by atoms with Crippen molar-refractivity contribution >= 4 is 6.09 Å². The zero-order chi connectivity index (χ0) is 10.6. The lowest BCUT2D eigenvalue weighted by atomic mass is 10.1. The van der Waals surface area contributed by atoms with Gasteiger partial charge < -0.3 is 14.7 Å². The van der Waals surface area contributed by atoms with Crippen LogP contribution in [0.2, 0.25) is 0 Å². The number of rotatable bonds is 2. The first-order valence-electron chi connectivity index (χ1n) is 4.73. The number of hydrogen-bond acceptors (Lipinski definition) is 2. The number of piperidine rings is 1. The van der Waals surface area contributed by atoms with Crippen LogP contribution in [-0.2, 0) is 4.74 Å². The van der Waals surface area contributed by atoms with Gasteiger partial charge in [0.25, 0.3) is 0 Å². The zero-order valence-electron chi connectivity index (χ0n) is 8.27. The number of ether oxygens (including phenoxy) is 1. The molecular weight excluding hydrogens is 182 g/mol. The molecule has 1 rings (SSSR count). The van der Waals surface area contributed by atoms with Crippen LogP contribution in [0, 0.1) is 12.3 Å². The molecule has 1 fully saturated rings. The Balaban J connectivity index is 2.29. The minimum absolute atomic E-state index is 0.108. The molecule has 0 aliphatic carbocycles. The maximum absolute atomic E-state index is 10.6. The van der Waals surface area contributed by atoms with Crippen molar-refractivity contribution in [3.63, 3.8) is 0 Å². The third-order valence-corrected chi connectivity index (χ3v) is 2.34. The van der Waals surface area contributed by atoms with Crippen LogP contribution < -0.4 is 0 Å². The van der Waals surface area contributed by atoms with Crippen molar-refractivity contribution in [3.8, 4) is 12.3 Å². The number of carbonyl (C=O) groups is 1. The summed E-state index contributed by atoms with van der Waals surface area (Å²) in [7, 11) is 0. The highest BCUT2D eigenvalue weighted by atomic mass is 16.5. The first kappa shape index (κ1) is 10.9. The summed E-state index contributed by atoms with van der Waals surface area (Å²) in [5.74, 6) is 2.49. The van der Waals surface area contributed by atoms with E-state index >= 15 is 0 Å². The molecule has 1 aliphatic heterocycles. The Hall–Kier alpha value is -1.21. The van der Waals surface area contributed by atoms with Crippen molar-refractivity contribution in [2.24, 2.45) is 0 Å². The predicted octanol–water partition coefficient (Wildman–Crippen LogP) is 1.17. The Morgan fingerprint density at radius 1 is 1.64 bits per heavy atom. The molecule has 0 aromatic heterocycles. The Bertz CT molecular complexity index is 238. The maximum Gasteiger partial charge on any atom is 0.407 e. The van der Waals surface area contributed by atoms with Crippen LogP contribution in [0.1, 0.15) is 19.8 Å². The maximum atomic E-state index is 10.6. The van der Waals surface area contributed by atoms with Crippen LogP contribution >= 0.6 is 0 Å². The molecule has 0 unspecified atom stereocenters. The molecule has 4 nitrogen and oxygen atoms in total. The van der Waals surface area contributed by atoms with Crippen molar-refractivity contribution in [2.75, 3.05) is 13.1 Å². The van der Waals surface area contributed by atoms with Gasteiger partial charge in [0.05, 0.1) is 6.10 Å². The molecule has 0 aromatic carbocycles. The van der Waals surface area contributed by atoms with Crippen LogP contribution in [-0.4, -0.2) is 41.4 Å². The molecule has 0 saturated carbocycles. The highest BCUT2D eigenvalue weighted by Crippen LogP contribution is 2.15. The second kappa shape index (κ2) is 4.87. The fourth-order valence-electron chi connectivity index (χ4n) is 1.51. The van der Waals surface area contributed by atoms with E-state index in [0.717, 1.165) is 12.8 Å². The van der Waals surface area contributed by atoms with Crippen molar-refractivity contribution in [1.82, 2.24) is 4.90 Å². The van der Waals surface area contributed by atoms with Crippen LogP contribution in [0.4, 0.5) is 4.79 Å². The third-order valence-electron chi connectivity index (χ3n) is 2.34. The van der Waals surface area contributed by atoms with Crippen molar-refractivity contribution < 1.29 is 14.6 Å². The average molecular weight is 197 g/mol. The van der Waals surface area contributed by atoms with Gasteiger partial charge in [0.15, 0.2) is 0 Å². The van der Waals surface area contributed by atoms with Crippen LogP contribution in [0.3, 0.4) is 0 Å². The van der Waals surface area contributed by atoms with E-state index in [1.54, 1.807) is 0 Å². The molecule has 4 heteroatoms. The van der Waals surface area contributed by atoms with Gasteiger partial charge in [0, 0.05) is 13.1 Å². The molecule has 1 amide bonds. The second-order valence-corrected chi connectivity index (χ2v) is 3.41. The summed E-state index contributed by atoms with van der Waals surface area (Å²) < 4.78 is 5.51. The van der Waals surface area contributed by atoms with Gasteiger partial charge >= 0.3 is 6.09 Å². The summed E-state index contributed by atoms with van der Waals surface area (Å²) in [6.45, 7) is 2.90. The van der Waals surface area contributed by atoms with Crippen LogP contribution in [0.5, 0.6) is 0 Å². The lowest BCUT2D eigenvalue weighted by molar-refractivity contribution is -0.00883. The van der Waals surface area contributed by atoms with E-state index in [-0.39, 0.29) is 12.2 Å². The number of terminal acetylenes is 1. The van der Waals surface area contributed by atoms with Gasteiger partial charge in [-0.1, -0.05) is 5.92 Å². The largest absolute Gasteiger partial charge is 0.465 e.